The minimum atomic E-state index is -0.780. The van der Waals surface area contributed by atoms with Gasteiger partial charge in [0.1, 0.15) is 0 Å². The molecule has 0 aromatic heterocycles. The molecule has 0 heterocycles. The maximum Gasteiger partial charge on any atom is 0.317 e. The number of carboxylic acids is 1. The fraction of sp³-hybridized carbons (Fsp3) is 0.889. The predicted octanol–water partition coefficient (Wildman–Crippen LogP) is 1.63. The van der Waals surface area contributed by atoms with E-state index in [1.165, 1.54) is 19.3 Å². The maximum atomic E-state index is 10.2. The monoisotopic (exact) mass is 173 g/mol. The summed E-state index contributed by atoms with van der Waals surface area (Å²) >= 11 is 0. The normalized spacial score (nSPS) is 12.8. The van der Waals surface area contributed by atoms with Gasteiger partial charge in [0.25, 0.3) is 0 Å². The molecular weight excluding hydrogens is 154 g/mol. The van der Waals surface area contributed by atoms with Gasteiger partial charge in [-0.25, -0.2) is 0 Å². The molecule has 1 atom stereocenters. The van der Waals surface area contributed by atoms with Crippen molar-refractivity contribution in [3.8, 4) is 0 Å². The van der Waals surface area contributed by atoms with E-state index in [-0.39, 0.29) is 6.54 Å². The highest BCUT2D eigenvalue weighted by Crippen LogP contribution is 2.02. The summed E-state index contributed by atoms with van der Waals surface area (Å²) in [5, 5.41) is 11.3. The zero-order chi connectivity index (χ0) is 9.40. The van der Waals surface area contributed by atoms with Crippen molar-refractivity contribution in [1.82, 2.24) is 5.32 Å². The number of rotatable bonds is 7. The van der Waals surface area contributed by atoms with E-state index in [0.717, 1.165) is 6.42 Å². The summed E-state index contributed by atoms with van der Waals surface area (Å²) in [5.74, 6) is -0.780. The first-order valence-electron chi connectivity index (χ1n) is 4.62. The van der Waals surface area contributed by atoms with Crippen LogP contribution in [0.3, 0.4) is 0 Å². The Labute approximate surface area is 74.2 Å². The number of aliphatic carboxylic acids is 1. The maximum absolute atomic E-state index is 10.2. The molecule has 2 N–H and O–H groups in total. The SMILES string of the molecule is CCCCC[C@@H](C)NCC(=O)O. The number of hydrogen-bond donors (Lipinski definition) is 2. The average Bonchev–Trinajstić information content (AvgIpc) is 2.01. The molecule has 0 aromatic rings. The summed E-state index contributed by atoms with van der Waals surface area (Å²) in [6.07, 6.45) is 4.70. The third kappa shape index (κ3) is 7.54. The van der Waals surface area contributed by atoms with Gasteiger partial charge in [-0.3, -0.25) is 4.79 Å². The lowest BCUT2D eigenvalue weighted by Crippen LogP contribution is -2.31. The third-order valence-corrected chi connectivity index (χ3v) is 1.84. The lowest BCUT2D eigenvalue weighted by atomic mass is 10.1. The van der Waals surface area contributed by atoms with Crippen LogP contribution in [-0.4, -0.2) is 23.7 Å². The van der Waals surface area contributed by atoms with Crippen molar-refractivity contribution in [3.05, 3.63) is 0 Å². The van der Waals surface area contributed by atoms with Crippen LogP contribution in [0.25, 0.3) is 0 Å². The molecule has 12 heavy (non-hydrogen) atoms. The standard InChI is InChI=1S/C9H19NO2/c1-3-4-5-6-8(2)10-7-9(11)12/h8,10H,3-7H2,1-2H3,(H,11,12)/t8-/m1/s1. The molecule has 72 valence electrons. The first-order chi connectivity index (χ1) is 5.66. The topological polar surface area (TPSA) is 49.3 Å². The van der Waals surface area contributed by atoms with Gasteiger partial charge in [0, 0.05) is 6.04 Å². The first-order valence-corrected chi connectivity index (χ1v) is 4.62. The molecule has 0 bridgehead atoms. The molecular formula is C9H19NO2. The fourth-order valence-corrected chi connectivity index (χ4v) is 1.06. The molecule has 0 saturated carbocycles. The van der Waals surface area contributed by atoms with Gasteiger partial charge in [0.05, 0.1) is 6.54 Å². The van der Waals surface area contributed by atoms with Crippen molar-refractivity contribution < 1.29 is 9.90 Å². The van der Waals surface area contributed by atoms with E-state index < -0.39 is 5.97 Å². The lowest BCUT2D eigenvalue weighted by Gasteiger charge is -2.10. The molecule has 0 spiro atoms. The molecule has 0 aromatic carbocycles. The summed E-state index contributed by atoms with van der Waals surface area (Å²) < 4.78 is 0. The van der Waals surface area contributed by atoms with E-state index in [4.69, 9.17) is 5.11 Å². The van der Waals surface area contributed by atoms with Gasteiger partial charge in [-0.1, -0.05) is 26.2 Å². The van der Waals surface area contributed by atoms with Crippen LogP contribution in [0.15, 0.2) is 0 Å². The molecule has 0 radical (unpaired) electrons. The fourth-order valence-electron chi connectivity index (χ4n) is 1.06. The van der Waals surface area contributed by atoms with E-state index in [1.54, 1.807) is 0 Å². The predicted molar refractivity (Wildman–Crippen MR) is 49.2 cm³/mol. The number of unbranched alkanes of at least 4 members (excludes halogenated alkanes) is 2. The van der Waals surface area contributed by atoms with Crippen LogP contribution in [0.5, 0.6) is 0 Å². The van der Waals surface area contributed by atoms with E-state index in [9.17, 15) is 4.79 Å². The van der Waals surface area contributed by atoms with Crippen LogP contribution >= 0.6 is 0 Å². The minimum absolute atomic E-state index is 0.0767. The van der Waals surface area contributed by atoms with Crippen LogP contribution in [-0.2, 0) is 4.79 Å². The molecule has 0 fully saturated rings. The van der Waals surface area contributed by atoms with E-state index >= 15 is 0 Å². The summed E-state index contributed by atoms with van der Waals surface area (Å²) in [7, 11) is 0. The van der Waals surface area contributed by atoms with Gasteiger partial charge in [0.2, 0.25) is 0 Å². The van der Waals surface area contributed by atoms with Gasteiger partial charge in [-0.05, 0) is 13.3 Å². The van der Waals surface area contributed by atoms with E-state index in [1.807, 2.05) is 6.92 Å². The molecule has 0 amide bonds. The molecule has 0 aliphatic carbocycles. The largest absolute Gasteiger partial charge is 0.480 e. The van der Waals surface area contributed by atoms with Crippen LogP contribution in [0.2, 0.25) is 0 Å². The number of carboxylic acid groups (broad SMARTS) is 1. The van der Waals surface area contributed by atoms with E-state index in [2.05, 4.69) is 12.2 Å². The number of nitrogens with one attached hydrogen (secondary N) is 1. The Hall–Kier alpha value is -0.570. The summed E-state index contributed by atoms with van der Waals surface area (Å²) in [5.41, 5.74) is 0. The molecule has 0 rings (SSSR count). The molecule has 0 aliphatic rings. The van der Waals surface area contributed by atoms with Crippen molar-refractivity contribution in [2.24, 2.45) is 0 Å². The van der Waals surface area contributed by atoms with Crippen LogP contribution in [0.4, 0.5) is 0 Å². The average molecular weight is 173 g/mol. The second-order valence-electron chi connectivity index (χ2n) is 3.17. The molecule has 0 aliphatic heterocycles. The molecule has 3 nitrogen and oxygen atoms in total. The summed E-state index contributed by atoms with van der Waals surface area (Å²) in [4.78, 5) is 10.2. The number of hydrogen-bond acceptors (Lipinski definition) is 2. The summed E-state index contributed by atoms with van der Waals surface area (Å²) in [6.45, 7) is 4.27. The first kappa shape index (κ1) is 11.4. The Kier molecular flexibility index (Phi) is 6.76. The van der Waals surface area contributed by atoms with Crippen LogP contribution in [0.1, 0.15) is 39.5 Å². The summed E-state index contributed by atoms with van der Waals surface area (Å²) in [6, 6.07) is 0.327. The number of carbonyl (C=O) groups is 1. The lowest BCUT2D eigenvalue weighted by molar-refractivity contribution is -0.136. The van der Waals surface area contributed by atoms with Gasteiger partial charge < -0.3 is 10.4 Å². The third-order valence-electron chi connectivity index (χ3n) is 1.84. The van der Waals surface area contributed by atoms with Crippen LogP contribution in [0, 0.1) is 0 Å². The van der Waals surface area contributed by atoms with Crippen molar-refractivity contribution >= 4 is 5.97 Å². The Bertz CT molecular complexity index is 126. The molecule has 0 unspecified atom stereocenters. The highest BCUT2D eigenvalue weighted by Gasteiger charge is 2.02. The smallest absolute Gasteiger partial charge is 0.317 e. The second-order valence-corrected chi connectivity index (χ2v) is 3.17. The Morgan fingerprint density at radius 1 is 1.50 bits per heavy atom. The van der Waals surface area contributed by atoms with Crippen LogP contribution < -0.4 is 5.32 Å². The second kappa shape index (κ2) is 7.10. The highest BCUT2D eigenvalue weighted by atomic mass is 16.4. The van der Waals surface area contributed by atoms with E-state index in [0.29, 0.717) is 6.04 Å². The Morgan fingerprint density at radius 3 is 2.67 bits per heavy atom. The van der Waals surface area contributed by atoms with Gasteiger partial charge in [-0.15, -0.1) is 0 Å². The Morgan fingerprint density at radius 2 is 2.17 bits per heavy atom. The van der Waals surface area contributed by atoms with Crippen molar-refractivity contribution in [3.63, 3.8) is 0 Å². The molecule has 3 heteroatoms. The highest BCUT2D eigenvalue weighted by molar-refractivity contribution is 5.69. The van der Waals surface area contributed by atoms with Crippen molar-refractivity contribution in [2.45, 2.75) is 45.6 Å². The van der Waals surface area contributed by atoms with Crippen molar-refractivity contribution in [1.29, 1.82) is 0 Å². The zero-order valence-corrected chi connectivity index (χ0v) is 7.97. The minimum Gasteiger partial charge on any atom is -0.480 e. The quantitative estimate of drug-likeness (QED) is 0.575. The van der Waals surface area contributed by atoms with Gasteiger partial charge in [0.15, 0.2) is 0 Å². The van der Waals surface area contributed by atoms with Gasteiger partial charge in [-0.2, -0.15) is 0 Å². The zero-order valence-electron chi connectivity index (χ0n) is 7.97. The Balaban J connectivity index is 3.21. The molecule has 0 saturated heterocycles. The van der Waals surface area contributed by atoms with Crippen molar-refractivity contribution in [2.75, 3.05) is 6.54 Å². The van der Waals surface area contributed by atoms with Gasteiger partial charge >= 0.3 is 5.97 Å².